The van der Waals surface area contributed by atoms with Crippen LogP contribution in [0, 0.1) is 0 Å². The van der Waals surface area contributed by atoms with Gasteiger partial charge in [0.2, 0.25) is 0 Å². The van der Waals surface area contributed by atoms with E-state index in [9.17, 15) is 8.42 Å². The molecule has 3 rings (SSSR count). The Balaban J connectivity index is 1.86. The minimum Gasteiger partial charge on any atom is -0.316 e. The van der Waals surface area contributed by atoms with Crippen LogP contribution >= 0.6 is 11.3 Å². The summed E-state index contributed by atoms with van der Waals surface area (Å²) in [6, 6.07) is 0. The van der Waals surface area contributed by atoms with E-state index < -0.39 is 10.0 Å². The molecule has 0 fully saturated rings. The summed E-state index contributed by atoms with van der Waals surface area (Å²) in [6.07, 6.45) is 4.54. The van der Waals surface area contributed by atoms with Gasteiger partial charge in [0.25, 0.3) is 10.0 Å². The second kappa shape index (κ2) is 5.15. The van der Waals surface area contributed by atoms with Crippen LogP contribution in [0.2, 0.25) is 0 Å². The van der Waals surface area contributed by atoms with Crippen LogP contribution in [0.3, 0.4) is 0 Å². The lowest BCUT2D eigenvalue weighted by Gasteiger charge is -2.05. The van der Waals surface area contributed by atoms with Crippen LogP contribution in [0.25, 0.3) is 0 Å². The van der Waals surface area contributed by atoms with Gasteiger partial charge in [0.15, 0.2) is 10.2 Å². The van der Waals surface area contributed by atoms with Crippen LogP contribution in [0.5, 0.6) is 0 Å². The fraction of sp³-hybridized carbons (Fsp3) is 0.455. The van der Waals surface area contributed by atoms with Crippen molar-refractivity contribution in [2.75, 3.05) is 11.8 Å². The number of hydrogen-bond acceptors (Lipinski definition) is 6. The molecule has 1 aliphatic carbocycles. The van der Waals surface area contributed by atoms with Crippen LogP contribution in [-0.2, 0) is 29.4 Å². The second-order valence-electron chi connectivity index (χ2n) is 4.60. The van der Waals surface area contributed by atoms with E-state index >= 15 is 0 Å². The average Bonchev–Trinajstić information content (AvgIpc) is 3.03. The fourth-order valence-electron chi connectivity index (χ4n) is 2.25. The van der Waals surface area contributed by atoms with E-state index in [1.54, 1.807) is 7.05 Å². The van der Waals surface area contributed by atoms with Gasteiger partial charge in [-0.15, -0.1) is 11.3 Å². The number of nitrogens with one attached hydrogen (secondary N) is 3. The number of aromatic nitrogens is 3. The van der Waals surface area contributed by atoms with E-state index in [0.29, 0.717) is 17.2 Å². The van der Waals surface area contributed by atoms with Gasteiger partial charge in [0, 0.05) is 17.0 Å². The highest BCUT2D eigenvalue weighted by Crippen LogP contribution is 2.31. The maximum atomic E-state index is 12.3. The number of fused-ring (bicyclic) bond motifs is 1. The minimum atomic E-state index is -3.67. The van der Waals surface area contributed by atoms with Gasteiger partial charge in [-0.05, 0) is 26.3 Å². The Bertz CT molecular complexity index is 698. The maximum absolute atomic E-state index is 12.3. The van der Waals surface area contributed by atoms with Crippen LogP contribution < -0.4 is 10.0 Å². The molecule has 2 aromatic rings. The number of aryl methyl sites for hydroxylation is 2. The normalized spacial score (nSPS) is 14.4. The molecular weight excluding hydrogens is 298 g/mol. The highest BCUT2D eigenvalue weighted by atomic mass is 32.2. The molecule has 2 heterocycles. The predicted octanol–water partition coefficient (Wildman–Crippen LogP) is 0.875. The monoisotopic (exact) mass is 313 g/mol. The van der Waals surface area contributed by atoms with Gasteiger partial charge in [-0.3, -0.25) is 9.82 Å². The van der Waals surface area contributed by atoms with Crippen molar-refractivity contribution in [1.82, 2.24) is 20.5 Å². The molecule has 0 bridgehead atoms. The zero-order valence-electron chi connectivity index (χ0n) is 10.9. The summed E-state index contributed by atoms with van der Waals surface area (Å²) in [5.41, 5.74) is 1.62. The van der Waals surface area contributed by atoms with Gasteiger partial charge < -0.3 is 5.32 Å². The second-order valence-corrected chi connectivity index (χ2v) is 7.31. The van der Waals surface area contributed by atoms with Crippen molar-refractivity contribution in [3.8, 4) is 0 Å². The molecule has 7 nitrogen and oxygen atoms in total. The zero-order chi connectivity index (χ0) is 14.2. The van der Waals surface area contributed by atoms with Crippen molar-refractivity contribution in [1.29, 1.82) is 0 Å². The number of anilines is 1. The molecule has 20 heavy (non-hydrogen) atoms. The van der Waals surface area contributed by atoms with Gasteiger partial charge >= 0.3 is 0 Å². The summed E-state index contributed by atoms with van der Waals surface area (Å²) in [5.74, 6) is 0. The third-order valence-electron chi connectivity index (χ3n) is 3.13. The standard InChI is InChI=1S/C11H15N5O2S2/c1-12-5-7-6-13-15-10(7)20(17,18)16-11-14-8-3-2-4-9(8)19-11/h6,12H,2-5H2,1H3,(H,13,15)(H,14,16). The molecular formula is C11H15N5O2S2. The Morgan fingerprint density at radius 3 is 3.05 bits per heavy atom. The molecule has 0 radical (unpaired) electrons. The smallest absolute Gasteiger partial charge is 0.280 e. The highest BCUT2D eigenvalue weighted by molar-refractivity contribution is 7.92. The number of nitrogens with zero attached hydrogens (tertiary/aromatic N) is 2. The van der Waals surface area contributed by atoms with Crippen molar-refractivity contribution < 1.29 is 8.42 Å². The topological polar surface area (TPSA) is 99.8 Å². The van der Waals surface area contributed by atoms with Crippen molar-refractivity contribution in [2.24, 2.45) is 0 Å². The van der Waals surface area contributed by atoms with Crippen LogP contribution in [-0.4, -0.2) is 30.6 Å². The molecule has 3 N–H and O–H groups in total. The molecule has 2 aromatic heterocycles. The SMILES string of the molecule is CNCc1cn[nH]c1S(=O)(=O)Nc1nc2c(s1)CCC2. The lowest BCUT2D eigenvalue weighted by Crippen LogP contribution is -2.17. The van der Waals surface area contributed by atoms with Gasteiger partial charge in [0.05, 0.1) is 11.9 Å². The van der Waals surface area contributed by atoms with Gasteiger partial charge in [0.1, 0.15) is 0 Å². The van der Waals surface area contributed by atoms with E-state index in [2.05, 4.69) is 25.2 Å². The highest BCUT2D eigenvalue weighted by Gasteiger charge is 2.24. The minimum absolute atomic E-state index is 0.0854. The zero-order valence-corrected chi connectivity index (χ0v) is 12.6. The third kappa shape index (κ3) is 2.43. The van der Waals surface area contributed by atoms with Gasteiger partial charge in [-0.25, -0.2) is 4.98 Å². The molecule has 0 saturated heterocycles. The number of hydrogen-bond donors (Lipinski definition) is 3. The van der Waals surface area contributed by atoms with Gasteiger partial charge in [-0.1, -0.05) is 0 Å². The third-order valence-corrected chi connectivity index (χ3v) is 5.69. The van der Waals surface area contributed by atoms with Crippen molar-refractivity contribution in [3.63, 3.8) is 0 Å². The van der Waals surface area contributed by atoms with E-state index in [0.717, 1.165) is 25.0 Å². The Labute approximate surface area is 120 Å². The molecule has 0 amide bonds. The lowest BCUT2D eigenvalue weighted by molar-refractivity contribution is 0.595. The summed E-state index contributed by atoms with van der Waals surface area (Å²) < 4.78 is 27.2. The van der Waals surface area contributed by atoms with Crippen LogP contribution in [0.4, 0.5) is 5.13 Å². The Hall–Kier alpha value is -1.45. The van der Waals surface area contributed by atoms with Gasteiger partial charge in [-0.2, -0.15) is 13.5 Å². The van der Waals surface area contributed by atoms with Crippen molar-refractivity contribution in [3.05, 3.63) is 22.3 Å². The summed E-state index contributed by atoms with van der Waals surface area (Å²) in [6.45, 7) is 0.432. The molecule has 0 unspecified atom stereocenters. The average molecular weight is 313 g/mol. The maximum Gasteiger partial charge on any atom is 0.280 e. The number of thiazole rings is 1. The van der Waals surface area contributed by atoms with Crippen LogP contribution in [0.15, 0.2) is 11.2 Å². The molecule has 0 aliphatic heterocycles. The quantitative estimate of drug-likeness (QED) is 0.761. The predicted molar refractivity (Wildman–Crippen MR) is 76.3 cm³/mol. The Kier molecular flexibility index (Phi) is 3.48. The van der Waals surface area contributed by atoms with E-state index in [1.807, 2.05) is 0 Å². The van der Waals surface area contributed by atoms with E-state index in [1.165, 1.54) is 22.4 Å². The first kappa shape index (κ1) is 13.5. The van der Waals surface area contributed by atoms with E-state index in [-0.39, 0.29) is 5.03 Å². The fourth-order valence-corrected chi connectivity index (χ4v) is 4.67. The molecule has 108 valence electrons. The van der Waals surface area contributed by atoms with Crippen molar-refractivity contribution in [2.45, 2.75) is 30.8 Å². The molecule has 9 heteroatoms. The first-order valence-corrected chi connectivity index (χ1v) is 8.58. The van der Waals surface area contributed by atoms with Crippen molar-refractivity contribution >= 4 is 26.5 Å². The summed E-state index contributed by atoms with van der Waals surface area (Å²) >= 11 is 1.41. The van der Waals surface area contributed by atoms with E-state index in [4.69, 9.17) is 0 Å². The molecule has 0 atom stereocenters. The summed E-state index contributed by atoms with van der Waals surface area (Å²) in [5, 5.41) is 9.76. The number of rotatable bonds is 5. The first-order valence-electron chi connectivity index (χ1n) is 6.28. The number of sulfonamides is 1. The molecule has 0 aromatic carbocycles. The molecule has 0 saturated carbocycles. The lowest BCUT2D eigenvalue weighted by atomic mass is 10.4. The molecule has 0 spiro atoms. The summed E-state index contributed by atoms with van der Waals surface area (Å²) in [7, 11) is -1.92. The largest absolute Gasteiger partial charge is 0.316 e. The first-order chi connectivity index (χ1) is 9.60. The number of aromatic amines is 1. The molecule has 1 aliphatic rings. The number of H-pyrrole nitrogens is 1. The summed E-state index contributed by atoms with van der Waals surface area (Å²) in [4.78, 5) is 5.52. The Morgan fingerprint density at radius 1 is 1.45 bits per heavy atom. The van der Waals surface area contributed by atoms with Crippen LogP contribution in [0.1, 0.15) is 22.6 Å². The Morgan fingerprint density at radius 2 is 2.30 bits per heavy atom.